The first kappa shape index (κ1) is 15.8. The molecule has 0 saturated heterocycles. The van der Waals surface area contributed by atoms with Crippen LogP contribution in [0.25, 0.3) is 0 Å². The lowest BCUT2D eigenvalue weighted by atomic mass is 9.94. The average molecular weight is 342 g/mol. The molecular weight excluding hydrogens is 318 g/mol. The number of ether oxygens (including phenoxy) is 1. The van der Waals surface area contributed by atoms with Crippen LogP contribution in [0.4, 0.5) is 0 Å². The summed E-state index contributed by atoms with van der Waals surface area (Å²) in [5.41, 5.74) is 0. The molecule has 1 aromatic rings. The number of hydrogen-bond donors (Lipinski definition) is 2. The van der Waals surface area contributed by atoms with Gasteiger partial charge in [0.05, 0.1) is 0 Å². The SMILES string of the molecule is C[C@H](NC1CCCCC1)[C@H](O)COc1ccc(Br)cc1. The fourth-order valence-corrected chi connectivity index (χ4v) is 2.87. The first-order chi connectivity index (χ1) is 9.65. The zero-order valence-corrected chi connectivity index (χ0v) is 13.6. The van der Waals surface area contributed by atoms with Crippen molar-refractivity contribution < 1.29 is 9.84 Å². The van der Waals surface area contributed by atoms with Crippen molar-refractivity contribution in [2.45, 2.75) is 57.2 Å². The normalized spacial score (nSPS) is 19.6. The van der Waals surface area contributed by atoms with Gasteiger partial charge in [-0.1, -0.05) is 35.2 Å². The molecule has 0 bridgehead atoms. The Morgan fingerprint density at radius 3 is 2.55 bits per heavy atom. The molecule has 0 unspecified atom stereocenters. The smallest absolute Gasteiger partial charge is 0.119 e. The highest BCUT2D eigenvalue weighted by atomic mass is 79.9. The average Bonchev–Trinajstić information content (AvgIpc) is 2.47. The predicted molar refractivity (Wildman–Crippen MR) is 85.1 cm³/mol. The largest absolute Gasteiger partial charge is 0.491 e. The molecule has 0 amide bonds. The van der Waals surface area contributed by atoms with Gasteiger partial charge in [-0.05, 0) is 44.0 Å². The van der Waals surface area contributed by atoms with Crippen LogP contribution in [-0.2, 0) is 0 Å². The van der Waals surface area contributed by atoms with Crippen molar-refractivity contribution in [2.24, 2.45) is 0 Å². The molecule has 0 aromatic heterocycles. The molecule has 1 aliphatic rings. The molecule has 0 aliphatic heterocycles. The Balaban J connectivity index is 1.72. The van der Waals surface area contributed by atoms with Gasteiger partial charge in [0.1, 0.15) is 18.5 Å². The number of aliphatic hydroxyl groups excluding tert-OH is 1. The molecule has 0 heterocycles. The van der Waals surface area contributed by atoms with E-state index in [1.165, 1.54) is 32.1 Å². The third-order valence-corrected chi connectivity index (χ3v) is 4.44. The number of hydrogen-bond acceptors (Lipinski definition) is 3. The lowest BCUT2D eigenvalue weighted by Crippen LogP contribution is -2.46. The predicted octanol–water partition coefficient (Wildman–Crippen LogP) is 3.50. The Morgan fingerprint density at radius 1 is 1.25 bits per heavy atom. The van der Waals surface area contributed by atoms with Crippen molar-refractivity contribution in [1.29, 1.82) is 0 Å². The summed E-state index contributed by atoms with van der Waals surface area (Å²) in [5, 5.41) is 13.7. The van der Waals surface area contributed by atoms with Gasteiger partial charge in [0.25, 0.3) is 0 Å². The minimum absolute atomic E-state index is 0.0635. The molecule has 20 heavy (non-hydrogen) atoms. The van der Waals surface area contributed by atoms with E-state index in [-0.39, 0.29) is 6.04 Å². The summed E-state index contributed by atoms with van der Waals surface area (Å²) in [6.45, 7) is 2.35. The number of rotatable bonds is 6. The van der Waals surface area contributed by atoms with Gasteiger partial charge in [-0.3, -0.25) is 0 Å². The van der Waals surface area contributed by atoms with E-state index in [4.69, 9.17) is 4.74 Å². The van der Waals surface area contributed by atoms with E-state index in [2.05, 4.69) is 21.2 Å². The summed E-state index contributed by atoms with van der Waals surface area (Å²) in [6.07, 6.45) is 5.92. The maximum Gasteiger partial charge on any atom is 0.119 e. The summed E-state index contributed by atoms with van der Waals surface area (Å²) < 4.78 is 6.65. The van der Waals surface area contributed by atoms with Crippen LogP contribution < -0.4 is 10.1 Å². The van der Waals surface area contributed by atoms with E-state index in [0.29, 0.717) is 12.6 Å². The third kappa shape index (κ3) is 5.08. The fraction of sp³-hybridized carbons (Fsp3) is 0.625. The second-order valence-electron chi connectivity index (χ2n) is 5.62. The van der Waals surface area contributed by atoms with Crippen molar-refractivity contribution in [3.05, 3.63) is 28.7 Å². The molecule has 3 nitrogen and oxygen atoms in total. The Bertz CT molecular complexity index is 390. The first-order valence-electron chi connectivity index (χ1n) is 7.47. The van der Waals surface area contributed by atoms with Crippen LogP contribution in [0, 0.1) is 0 Å². The molecule has 2 atom stereocenters. The highest BCUT2D eigenvalue weighted by Crippen LogP contribution is 2.19. The van der Waals surface area contributed by atoms with Crippen LogP contribution >= 0.6 is 15.9 Å². The summed E-state index contributed by atoms with van der Waals surface area (Å²) in [5.74, 6) is 0.789. The molecule has 1 aromatic carbocycles. The van der Waals surface area contributed by atoms with Crippen LogP contribution in [0.3, 0.4) is 0 Å². The fourth-order valence-electron chi connectivity index (χ4n) is 2.61. The van der Waals surface area contributed by atoms with E-state index < -0.39 is 6.10 Å². The van der Waals surface area contributed by atoms with E-state index >= 15 is 0 Å². The zero-order valence-electron chi connectivity index (χ0n) is 12.0. The maximum absolute atomic E-state index is 10.2. The van der Waals surface area contributed by atoms with Gasteiger partial charge in [0.15, 0.2) is 0 Å². The molecule has 112 valence electrons. The molecular formula is C16H24BrNO2. The van der Waals surface area contributed by atoms with E-state index in [1.54, 1.807) is 0 Å². The van der Waals surface area contributed by atoms with Crippen molar-refractivity contribution in [2.75, 3.05) is 6.61 Å². The van der Waals surface area contributed by atoms with Gasteiger partial charge in [0, 0.05) is 16.6 Å². The first-order valence-corrected chi connectivity index (χ1v) is 8.27. The second kappa shape index (κ2) is 8.01. The number of nitrogens with one attached hydrogen (secondary N) is 1. The Hall–Kier alpha value is -0.580. The minimum atomic E-state index is -0.486. The van der Waals surface area contributed by atoms with Crippen LogP contribution in [0.15, 0.2) is 28.7 Å². The molecule has 2 N–H and O–H groups in total. The number of aliphatic hydroxyl groups is 1. The lowest BCUT2D eigenvalue weighted by Gasteiger charge is -2.29. The monoisotopic (exact) mass is 341 g/mol. The van der Waals surface area contributed by atoms with Gasteiger partial charge >= 0.3 is 0 Å². The third-order valence-electron chi connectivity index (χ3n) is 3.92. The summed E-state index contributed by atoms with van der Waals surface area (Å²) >= 11 is 3.39. The van der Waals surface area contributed by atoms with Crippen LogP contribution in [0.1, 0.15) is 39.0 Å². The molecule has 4 heteroatoms. The second-order valence-corrected chi connectivity index (χ2v) is 6.54. The van der Waals surface area contributed by atoms with Crippen LogP contribution in [-0.4, -0.2) is 29.9 Å². The standard InChI is InChI=1S/C16H24BrNO2/c1-12(18-14-5-3-2-4-6-14)16(19)11-20-15-9-7-13(17)8-10-15/h7-10,12,14,16,18-19H,2-6,11H2,1H3/t12-,16+/m0/s1. The van der Waals surface area contributed by atoms with E-state index in [1.807, 2.05) is 31.2 Å². The topological polar surface area (TPSA) is 41.5 Å². The molecule has 2 rings (SSSR count). The van der Waals surface area contributed by atoms with Crippen LogP contribution in [0.2, 0.25) is 0 Å². The van der Waals surface area contributed by atoms with Gasteiger partial charge in [0.2, 0.25) is 0 Å². The summed E-state index contributed by atoms with van der Waals surface area (Å²) in [7, 11) is 0. The molecule has 1 aliphatic carbocycles. The lowest BCUT2D eigenvalue weighted by molar-refractivity contribution is 0.0723. The molecule has 1 fully saturated rings. The van der Waals surface area contributed by atoms with Crippen molar-refractivity contribution >= 4 is 15.9 Å². The number of halogens is 1. The highest BCUT2D eigenvalue weighted by Gasteiger charge is 2.20. The number of benzene rings is 1. The van der Waals surface area contributed by atoms with Gasteiger partial charge in [-0.15, -0.1) is 0 Å². The summed E-state index contributed by atoms with van der Waals surface area (Å²) in [4.78, 5) is 0. The van der Waals surface area contributed by atoms with Gasteiger partial charge < -0.3 is 15.2 Å². The Kier molecular flexibility index (Phi) is 6.33. The highest BCUT2D eigenvalue weighted by molar-refractivity contribution is 9.10. The van der Waals surface area contributed by atoms with Crippen molar-refractivity contribution in [3.63, 3.8) is 0 Å². The van der Waals surface area contributed by atoms with Gasteiger partial charge in [-0.25, -0.2) is 0 Å². The van der Waals surface area contributed by atoms with E-state index in [9.17, 15) is 5.11 Å². The Morgan fingerprint density at radius 2 is 1.90 bits per heavy atom. The molecule has 0 radical (unpaired) electrons. The van der Waals surface area contributed by atoms with Crippen LogP contribution in [0.5, 0.6) is 5.75 Å². The molecule has 1 saturated carbocycles. The van der Waals surface area contributed by atoms with Crippen molar-refractivity contribution in [3.8, 4) is 5.75 Å². The summed E-state index contributed by atoms with van der Waals surface area (Å²) in [6, 6.07) is 8.29. The maximum atomic E-state index is 10.2. The van der Waals surface area contributed by atoms with Gasteiger partial charge in [-0.2, -0.15) is 0 Å². The Labute approximate surface area is 129 Å². The quantitative estimate of drug-likeness (QED) is 0.831. The zero-order chi connectivity index (χ0) is 14.4. The van der Waals surface area contributed by atoms with Crippen molar-refractivity contribution in [1.82, 2.24) is 5.32 Å². The van der Waals surface area contributed by atoms with E-state index in [0.717, 1.165) is 10.2 Å². The molecule has 0 spiro atoms. The minimum Gasteiger partial charge on any atom is -0.491 e.